The van der Waals surface area contributed by atoms with Gasteiger partial charge in [0, 0.05) is 5.02 Å². The van der Waals surface area contributed by atoms with Gasteiger partial charge >= 0.3 is 0 Å². The average Bonchev–Trinajstić information content (AvgIpc) is 2.41. The fraction of sp³-hybridized carbons (Fsp3) is 0.250. The number of nitrogens with one attached hydrogen (secondary N) is 1. The number of hydrazine groups is 1. The molecule has 1 unspecified atom stereocenters. The molecule has 0 saturated carbocycles. The lowest BCUT2D eigenvalue weighted by molar-refractivity contribution is 0.549. The second-order valence-electron chi connectivity index (χ2n) is 5.00. The monoisotopic (exact) mass is 292 g/mol. The standard InChI is InChI=1S/C16H18ClFN2/c1-10-3-4-13(8-15(10)17)16(20-19)9-12-5-6-14(18)7-11(12)2/h3-8,16,20H,9,19H2,1-2H3. The van der Waals surface area contributed by atoms with Crippen molar-refractivity contribution in [3.05, 3.63) is 69.5 Å². The highest BCUT2D eigenvalue weighted by Gasteiger charge is 2.13. The Balaban J connectivity index is 2.26. The lowest BCUT2D eigenvalue weighted by Crippen LogP contribution is -2.29. The molecule has 106 valence electrons. The Kier molecular flexibility index (Phi) is 4.76. The van der Waals surface area contributed by atoms with Gasteiger partial charge in [0.25, 0.3) is 0 Å². The maximum Gasteiger partial charge on any atom is 0.123 e. The van der Waals surface area contributed by atoms with Crippen molar-refractivity contribution in [1.29, 1.82) is 0 Å². The summed E-state index contributed by atoms with van der Waals surface area (Å²) in [5, 5.41) is 0.721. The van der Waals surface area contributed by atoms with E-state index in [9.17, 15) is 4.39 Å². The first-order valence-electron chi connectivity index (χ1n) is 6.48. The maximum atomic E-state index is 13.1. The van der Waals surface area contributed by atoms with Crippen molar-refractivity contribution < 1.29 is 4.39 Å². The second kappa shape index (κ2) is 6.35. The van der Waals surface area contributed by atoms with Crippen LogP contribution in [0.5, 0.6) is 0 Å². The topological polar surface area (TPSA) is 38.0 Å². The Morgan fingerprint density at radius 2 is 1.90 bits per heavy atom. The fourth-order valence-electron chi connectivity index (χ4n) is 2.21. The van der Waals surface area contributed by atoms with Gasteiger partial charge in [0.1, 0.15) is 5.82 Å². The predicted octanol–water partition coefficient (Wildman–Crippen LogP) is 3.84. The van der Waals surface area contributed by atoms with Gasteiger partial charge in [0.2, 0.25) is 0 Å². The minimum atomic E-state index is -0.220. The zero-order valence-electron chi connectivity index (χ0n) is 11.6. The highest BCUT2D eigenvalue weighted by molar-refractivity contribution is 6.31. The first-order chi connectivity index (χ1) is 9.51. The predicted molar refractivity (Wildman–Crippen MR) is 81.1 cm³/mol. The molecule has 0 heterocycles. The summed E-state index contributed by atoms with van der Waals surface area (Å²) in [5.41, 5.74) is 6.84. The smallest absolute Gasteiger partial charge is 0.123 e. The molecule has 0 aliphatic carbocycles. The van der Waals surface area contributed by atoms with Crippen LogP contribution < -0.4 is 11.3 Å². The van der Waals surface area contributed by atoms with Crippen LogP contribution in [-0.4, -0.2) is 0 Å². The first kappa shape index (κ1) is 15.0. The van der Waals surface area contributed by atoms with Gasteiger partial charge in [-0.05, 0) is 60.7 Å². The number of aryl methyl sites for hydroxylation is 2. The Labute approximate surface area is 123 Å². The van der Waals surface area contributed by atoms with Gasteiger partial charge in [-0.3, -0.25) is 11.3 Å². The summed E-state index contributed by atoms with van der Waals surface area (Å²) < 4.78 is 13.1. The van der Waals surface area contributed by atoms with Crippen molar-refractivity contribution in [2.45, 2.75) is 26.3 Å². The highest BCUT2D eigenvalue weighted by atomic mass is 35.5. The largest absolute Gasteiger partial charge is 0.271 e. The number of halogens is 2. The van der Waals surface area contributed by atoms with Crippen LogP contribution in [0, 0.1) is 19.7 Å². The highest BCUT2D eigenvalue weighted by Crippen LogP contribution is 2.24. The van der Waals surface area contributed by atoms with E-state index >= 15 is 0 Å². The van der Waals surface area contributed by atoms with Crippen LogP contribution in [0.1, 0.15) is 28.3 Å². The normalized spacial score (nSPS) is 12.4. The Bertz CT molecular complexity index is 613. The van der Waals surface area contributed by atoms with Crippen LogP contribution >= 0.6 is 11.6 Å². The second-order valence-corrected chi connectivity index (χ2v) is 5.41. The van der Waals surface area contributed by atoms with Gasteiger partial charge in [-0.15, -0.1) is 0 Å². The fourth-order valence-corrected chi connectivity index (χ4v) is 2.40. The molecule has 3 N–H and O–H groups in total. The first-order valence-corrected chi connectivity index (χ1v) is 6.86. The van der Waals surface area contributed by atoms with Crippen molar-refractivity contribution in [3.63, 3.8) is 0 Å². The summed E-state index contributed by atoms with van der Waals surface area (Å²) in [4.78, 5) is 0. The number of nitrogens with two attached hydrogens (primary N) is 1. The van der Waals surface area contributed by atoms with E-state index in [0.29, 0.717) is 6.42 Å². The molecule has 2 aromatic rings. The lowest BCUT2D eigenvalue weighted by atomic mass is 9.96. The number of benzene rings is 2. The lowest BCUT2D eigenvalue weighted by Gasteiger charge is -2.18. The quantitative estimate of drug-likeness (QED) is 0.664. The number of hydrogen-bond donors (Lipinski definition) is 2. The van der Waals surface area contributed by atoms with Crippen molar-refractivity contribution in [2.24, 2.45) is 5.84 Å². The molecular weight excluding hydrogens is 275 g/mol. The molecule has 2 nitrogen and oxygen atoms in total. The number of hydrogen-bond acceptors (Lipinski definition) is 2. The van der Waals surface area contributed by atoms with E-state index in [2.05, 4.69) is 5.43 Å². The third-order valence-corrected chi connectivity index (χ3v) is 3.94. The SMILES string of the molecule is Cc1ccc(C(Cc2ccc(F)cc2C)NN)cc1Cl. The molecule has 4 heteroatoms. The molecule has 1 atom stereocenters. The molecule has 0 saturated heterocycles. The molecule has 0 aromatic heterocycles. The van der Waals surface area contributed by atoms with E-state index in [0.717, 1.165) is 27.3 Å². The Morgan fingerprint density at radius 1 is 1.15 bits per heavy atom. The molecule has 0 spiro atoms. The average molecular weight is 293 g/mol. The summed E-state index contributed by atoms with van der Waals surface area (Å²) in [7, 11) is 0. The van der Waals surface area contributed by atoms with Crippen LogP contribution in [0.4, 0.5) is 4.39 Å². The summed E-state index contributed by atoms with van der Waals surface area (Å²) in [5.74, 6) is 5.43. The Morgan fingerprint density at radius 3 is 2.50 bits per heavy atom. The number of rotatable bonds is 4. The minimum absolute atomic E-state index is 0.0581. The summed E-state index contributed by atoms with van der Waals surface area (Å²) in [6.45, 7) is 3.86. The molecule has 0 radical (unpaired) electrons. The van der Waals surface area contributed by atoms with E-state index in [1.54, 1.807) is 6.07 Å². The van der Waals surface area contributed by atoms with Gasteiger partial charge in [0.05, 0.1) is 6.04 Å². The molecule has 0 aliphatic rings. The van der Waals surface area contributed by atoms with E-state index in [1.165, 1.54) is 12.1 Å². The van der Waals surface area contributed by atoms with Gasteiger partial charge in [-0.2, -0.15) is 0 Å². The van der Waals surface area contributed by atoms with Gasteiger partial charge < -0.3 is 0 Å². The zero-order chi connectivity index (χ0) is 14.7. The minimum Gasteiger partial charge on any atom is -0.271 e. The summed E-state index contributed by atoms with van der Waals surface area (Å²) in [6.07, 6.45) is 0.683. The molecule has 20 heavy (non-hydrogen) atoms. The molecule has 2 rings (SSSR count). The van der Waals surface area contributed by atoms with Gasteiger partial charge in [0.15, 0.2) is 0 Å². The molecule has 0 fully saturated rings. The van der Waals surface area contributed by atoms with Crippen molar-refractivity contribution in [3.8, 4) is 0 Å². The van der Waals surface area contributed by atoms with Crippen LogP contribution in [0.25, 0.3) is 0 Å². The molecule has 0 bridgehead atoms. The van der Waals surface area contributed by atoms with Crippen molar-refractivity contribution in [1.82, 2.24) is 5.43 Å². The summed E-state index contributed by atoms with van der Waals surface area (Å²) in [6, 6.07) is 10.6. The molecular formula is C16H18ClFN2. The molecule has 2 aromatic carbocycles. The van der Waals surface area contributed by atoms with Crippen LogP contribution in [0.15, 0.2) is 36.4 Å². The van der Waals surface area contributed by atoms with Crippen LogP contribution in [0.2, 0.25) is 5.02 Å². The van der Waals surface area contributed by atoms with E-state index < -0.39 is 0 Å². The van der Waals surface area contributed by atoms with Crippen molar-refractivity contribution in [2.75, 3.05) is 0 Å². The maximum absolute atomic E-state index is 13.1. The van der Waals surface area contributed by atoms with Gasteiger partial charge in [-0.25, -0.2) is 4.39 Å². The van der Waals surface area contributed by atoms with E-state index in [-0.39, 0.29) is 11.9 Å². The third kappa shape index (κ3) is 3.37. The van der Waals surface area contributed by atoms with E-state index in [1.807, 2.05) is 32.0 Å². The Hall–Kier alpha value is -1.42. The molecule has 0 amide bonds. The third-order valence-electron chi connectivity index (χ3n) is 3.53. The zero-order valence-corrected chi connectivity index (χ0v) is 12.3. The summed E-state index contributed by atoms with van der Waals surface area (Å²) >= 11 is 6.15. The van der Waals surface area contributed by atoms with Crippen LogP contribution in [0.3, 0.4) is 0 Å². The molecule has 0 aliphatic heterocycles. The van der Waals surface area contributed by atoms with Crippen molar-refractivity contribution >= 4 is 11.6 Å². The van der Waals surface area contributed by atoms with E-state index in [4.69, 9.17) is 17.4 Å². The van der Waals surface area contributed by atoms with Gasteiger partial charge in [-0.1, -0.05) is 29.8 Å². The van der Waals surface area contributed by atoms with Crippen LogP contribution in [-0.2, 0) is 6.42 Å².